The molecule has 1 fully saturated rings. The zero-order chi connectivity index (χ0) is 24.0. The van der Waals surface area contributed by atoms with Crippen LogP contribution in [-0.2, 0) is 10.4 Å². The van der Waals surface area contributed by atoms with Gasteiger partial charge in [-0.1, -0.05) is 19.9 Å². The minimum Gasteiger partial charge on any atom is -0.481 e. The summed E-state index contributed by atoms with van der Waals surface area (Å²) in [6, 6.07) is 8.08. The molecule has 0 aliphatic heterocycles. The molecule has 8 heteroatoms. The predicted molar refractivity (Wildman–Crippen MR) is 130 cm³/mol. The Balaban J connectivity index is 1.60. The summed E-state index contributed by atoms with van der Waals surface area (Å²) in [4.78, 5) is 26.1. The Hall–Kier alpha value is -2.84. The van der Waals surface area contributed by atoms with E-state index in [1.54, 1.807) is 6.20 Å². The Bertz CT molecular complexity index is 1190. The van der Waals surface area contributed by atoms with Crippen molar-refractivity contribution in [1.29, 1.82) is 0 Å². The van der Waals surface area contributed by atoms with Crippen molar-refractivity contribution in [3.63, 3.8) is 0 Å². The molecule has 3 aromatic rings. The zero-order valence-corrected chi connectivity index (χ0v) is 20.5. The van der Waals surface area contributed by atoms with Gasteiger partial charge < -0.3 is 15.5 Å². The Labute approximate surface area is 198 Å². The van der Waals surface area contributed by atoms with Crippen LogP contribution < -0.4 is 5.32 Å². The first-order valence-electron chi connectivity index (χ1n) is 11.1. The number of nitrogens with one attached hydrogen (secondary N) is 1. The van der Waals surface area contributed by atoms with Crippen molar-refractivity contribution in [2.75, 3.05) is 5.32 Å². The normalized spacial score (nSPS) is 22.2. The van der Waals surface area contributed by atoms with Crippen molar-refractivity contribution < 1.29 is 15.0 Å². The van der Waals surface area contributed by atoms with E-state index >= 15 is 0 Å². The third kappa shape index (κ3) is 4.91. The molecule has 0 amide bonds. The quantitative estimate of drug-likeness (QED) is 0.464. The highest BCUT2D eigenvalue weighted by Gasteiger charge is 2.49. The fourth-order valence-corrected chi connectivity index (χ4v) is 5.93. The summed E-state index contributed by atoms with van der Waals surface area (Å²) in [6.45, 7) is 9.74. The highest BCUT2D eigenvalue weighted by molar-refractivity contribution is 7.15. The van der Waals surface area contributed by atoms with Gasteiger partial charge in [-0.25, -0.2) is 15.0 Å². The number of aliphatic carboxylic acids is 1. The van der Waals surface area contributed by atoms with E-state index in [0.29, 0.717) is 30.2 Å². The van der Waals surface area contributed by atoms with Gasteiger partial charge in [-0.3, -0.25) is 4.79 Å². The van der Waals surface area contributed by atoms with Gasteiger partial charge in [0.05, 0.1) is 10.8 Å². The highest BCUT2D eigenvalue weighted by atomic mass is 32.1. The van der Waals surface area contributed by atoms with Crippen LogP contribution in [0.1, 0.15) is 55.1 Å². The minimum atomic E-state index is -1.11. The van der Waals surface area contributed by atoms with Gasteiger partial charge >= 0.3 is 5.97 Å². The average molecular weight is 467 g/mol. The number of nitrogens with zero attached hydrogens (tertiary/aromatic N) is 3. The second-order valence-electron chi connectivity index (χ2n) is 9.84. The third-order valence-corrected chi connectivity index (χ3v) is 7.58. The lowest BCUT2D eigenvalue weighted by molar-refractivity contribution is -0.154. The number of hydrogen-bond donors (Lipinski definition) is 3. The van der Waals surface area contributed by atoms with E-state index in [1.807, 2.05) is 52.8 Å². The topological polar surface area (TPSA) is 108 Å². The number of hydrogen-bond acceptors (Lipinski definition) is 7. The van der Waals surface area contributed by atoms with Gasteiger partial charge in [-0.05, 0) is 74.8 Å². The van der Waals surface area contributed by atoms with Crippen molar-refractivity contribution >= 4 is 28.9 Å². The van der Waals surface area contributed by atoms with Gasteiger partial charge in [0, 0.05) is 23.3 Å². The molecule has 2 aromatic heterocycles. The molecule has 174 valence electrons. The van der Waals surface area contributed by atoms with Crippen LogP contribution in [0.2, 0.25) is 0 Å². The van der Waals surface area contributed by atoms with Crippen LogP contribution in [0.5, 0.6) is 0 Å². The van der Waals surface area contributed by atoms with Gasteiger partial charge in [0.15, 0.2) is 0 Å². The molecule has 7 nitrogen and oxygen atoms in total. The minimum absolute atomic E-state index is 0.370. The van der Waals surface area contributed by atoms with Crippen LogP contribution in [0.3, 0.4) is 0 Å². The van der Waals surface area contributed by atoms with E-state index < -0.39 is 22.9 Å². The summed E-state index contributed by atoms with van der Waals surface area (Å²) in [6.07, 6.45) is 2.99. The third-order valence-electron chi connectivity index (χ3n) is 6.34. The van der Waals surface area contributed by atoms with Crippen molar-refractivity contribution in [1.82, 2.24) is 15.0 Å². The standard InChI is InChI=1S/C25H30N4O3S/c1-14-8-17(11-18(9-14)29-23-27-15(2)10-16(3)28-23)20-12-26-22(33-20)25(32)7-6-19(21(30)31)24(4,5)13-25/h8-12,19,32H,6-7,13H2,1-5H3,(H,30,31)(H,27,28,29)/t19-,25-/m0/s1. The van der Waals surface area contributed by atoms with Gasteiger partial charge in [-0.15, -0.1) is 11.3 Å². The Morgan fingerprint density at radius 3 is 2.45 bits per heavy atom. The molecular weight excluding hydrogens is 436 g/mol. The fourth-order valence-electron chi connectivity index (χ4n) is 4.91. The molecule has 0 bridgehead atoms. The highest BCUT2D eigenvalue weighted by Crippen LogP contribution is 2.50. The zero-order valence-electron chi connectivity index (χ0n) is 19.6. The summed E-state index contributed by atoms with van der Waals surface area (Å²) in [7, 11) is 0. The van der Waals surface area contributed by atoms with Crippen molar-refractivity contribution in [3.8, 4) is 10.4 Å². The summed E-state index contributed by atoms with van der Waals surface area (Å²) in [5.41, 5.74) is 3.13. The Morgan fingerprint density at radius 1 is 1.12 bits per heavy atom. The molecule has 33 heavy (non-hydrogen) atoms. The maximum Gasteiger partial charge on any atom is 0.307 e. The second kappa shape index (κ2) is 8.50. The van der Waals surface area contributed by atoms with Crippen LogP contribution in [0.4, 0.5) is 11.6 Å². The predicted octanol–water partition coefficient (Wildman–Crippen LogP) is 5.37. The summed E-state index contributed by atoms with van der Waals surface area (Å²) < 4.78 is 0. The monoisotopic (exact) mass is 466 g/mol. The van der Waals surface area contributed by atoms with E-state index in [1.165, 1.54) is 11.3 Å². The van der Waals surface area contributed by atoms with Gasteiger partial charge in [0.1, 0.15) is 10.6 Å². The summed E-state index contributed by atoms with van der Waals surface area (Å²) in [5, 5.41) is 24.9. The summed E-state index contributed by atoms with van der Waals surface area (Å²) in [5.74, 6) is -0.703. The molecular formula is C25H30N4O3S. The van der Waals surface area contributed by atoms with E-state index in [-0.39, 0.29) is 0 Å². The average Bonchev–Trinajstić information content (AvgIpc) is 3.16. The fraction of sp³-hybridized carbons (Fsp3) is 0.440. The second-order valence-corrected chi connectivity index (χ2v) is 10.9. The van der Waals surface area contributed by atoms with Crippen LogP contribution in [0.25, 0.3) is 10.4 Å². The molecule has 0 unspecified atom stereocenters. The van der Waals surface area contributed by atoms with Crippen LogP contribution in [0.15, 0.2) is 30.5 Å². The van der Waals surface area contributed by atoms with Crippen molar-refractivity contribution in [2.24, 2.45) is 11.3 Å². The maximum absolute atomic E-state index is 11.6. The van der Waals surface area contributed by atoms with Crippen LogP contribution >= 0.6 is 11.3 Å². The number of aryl methyl sites for hydroxylation is 3. The molecule has 1 saturated carbocycles. The molecule has 0 radical (unpaired) electrons. The lowest BCUT2D eigenvalue weighted by Crippen LogP contribution is -2.44. The van der Waals surface area contributed by atoms with Crippen molar-refractivity contribution in [3.05, 3.63) is 52.4 Å². The number of anilines is 2. The SMILES string of the molecule is Cc1cc(Nc2nc(C)cc(C)n2)cc(-c2cnc([C@]3(O)CC[C@@H](C(=O)O)C(C)(C)C3)s2)c1. The first-order valence-corrected chi connectivity index (χ1v) is 11.9. The Kier molecular flexibility index (Phi) is 6.01. The van der Waals surface area contributed by atoms with Crippen LogP contribution in [-0.4, -0.2) is 31.1 Å². The first kappa shape index (κ1) is 23.3. The van der Waals surface area contributed by atoms with Gasteiger partial charge in [0.25, 0.3) is 0 Å². The lowest BCUT2D eigenvalue weighted by Gasteiger charge is -2.44. The number of aliphatic hydroxyl groups is 1. The van der Waals surface area contributed by atoms with E-state index in [0.717, 1.165) is 33.1 Å². The molecule has 4 rings (SSSR count). The number of benzene rings is 1. The molecule has 1 aliphatic rings. The first-order chi connectivity index (χ1) is 15.4. The van der Waals surface area contributed by atoms with Crippen molar-refractivity contribution in [2.45, 2.75) is 59.5 Å². The smallest absolute Gasteiger partial charge is 0.307 e. The van der Waals surface area contributed by atoms with Gasteiger partial charge in [0.2, 0.25) is 5.95 Å². The molecule has 0 spiro atoms. The number of thiazole rings is 1. The van der Waals surface area contributed by atoms with Gasteiger partial charge in [-0.2, -0.15) is 0 Å². The van der Waals surface area contributed by atoms with E-state index in [9.17, 15) is 15.0 Å². The molecule has 2 heterocycles. The number of rotatable bonds is 5. The lowest BCUT2D eigenvalue weighted by atomic mass is 9.63. The van der Waals surface area contributed by atoms with Crippen LogP contribution in [0, 0.1) is 32.1 Å². The molecule has 3 N–H and O–H groups in total. The Morgan fingerprint density at radius 2 is 1.82 bits per heavy atom. The van der Waals surface area contributed by atoms with E-state index in [4.69, 9.17) is 0 Å². The molecule has 1 aromatic carbocycles. The number of carboxylic acid groups (broad SMARTS) is 1. The van der Waals surface area contributed by atoms with E-state index in [2.05, 4.69) is 26.3 Å². The summed E-state index contributed by atoms with van der Waals surface area (Å²) >= 11 is 1.46. The molecule has 0 saturated heterocycles. The molecule has 2 atom stereocenters. The number of carbonyl (C=O) groups is 1. The number of carboxylic acids is 1. The molecule has 1 aliphatic carbocycles. The largest absolute Gasteiger partial charge is 0.481 e. The number of aromatic nitrogens is 3. The maximum atomic E-state index is 11.6.